The average Bonchev–Trinajstić information content (AvgIpc) is 2.91. The quantitative estimate of drug-likeness (QED) is 0.806. The second kappa shape index (κ2) is 6.35. The summed E-state index contributed by atoms with van der Waals surface area (Å²) in [6.07, 6.45) is 9.96. The number of aromatic nitrogens is 1. The van der Waals surface area contributed by atoms with Crippen LogP contribution in [0.3, 0.4) is 0 Å². The van der Waals surface area contributed by atoms with E-state index < -0.39 is 0 Å². The Labute approximate surface area is 129 Å². The van der Waals surface area contributed by atoms with Crippen LogP contribution in [0.1, 0.15) is 42.5 Å². The fourth-order valence-electron chi connectivity index (χ4n) is 2.84. The molecule has 0 unspecified atom stereocenters. The molecule has 21 heavy (non-hydrogen) atoms. The molecule has 0 atom stereocenters. The molecular formula is C17H19ClN2O. The molecule has 0 spiro atoms. The third-order valence-electron chi connectivity index (χ3n) is 4.01. The second-order valence-corrected chi connectivity index (χ2v) is 5.94. The van der Waals surface area contributed by atoms with Gasteiger partial charge in [-0.05, 0) is 50.3 Å². The molecule has 0 saturated carbocycles. The molecule has 2 N–H and O–H groups in total. The zero-order valence-corrected chi connectivity index (χ0v) is 12.7. The first-order chi connectivity index (χ1) is 10.2. The normalized spacial score (nSPS) is 15.0. The molecule has 2 aromatic rings. The van der Waals surface area contributed by atoms with Crippen molar-refractivity contribution in [3.05, 3.63) is 46.6 Å². The molecule has 1 aromatic carbocycles. The minimum absolute atomic E-state index is 0.0417. The van der Waals surface area contributed by atoms with E-state index >= 15 is 0 Å². The lowest BCUT2D eigenvalue weighted by Crippen LogP contribution is -2.24. The summed E-state index contributed by atoms with van der Waals surface area (Å²) < 4.78 is 0. The number of aromatic amines is 1. The van der Waals surface area contributed by atoms with E-state index in [1.807, 2.05) is 18.2 Å². The van der Waals surface area contributed by atoms with Gasteiger partial charge in [-0.25, -0.2) is 0 Å². The number of hydrogen-bond acceptors (Lipinski definition) is 1. The molecule has 1 heterocycles. The summed E-state index contributed by atoms with van der Waals surface area (Å²) in [4.78, 5) is 15.4. The van der Waals surface area contributed by atoms with Gasteiger partial charge in [0.1, 0.15) is 0 Å². The van der Waals surface area contributed by atoms with Gasteiger partial charge in [0.2, 0.25) is 0 Å². The molecule has 0 fully saturated rings. The Morgan fingerprint density at radius 1 is 1.33 bits per heavy atom. The van der Waals surface area contributed by atoms with Crippen LogP contribution in [0, 0.1) is 0 Å². The monoisotopic (exact) mass is 302 g/mol. The highest BCUT2D eigenvalue weighted by Crippen LogP contribution is 2.23. The fourth-order valence-corrected chi connectivity index (χ4v) is 3.02. The number of fused-ring (bicyclic) bond motifs is 1. The molecule has 3 rings (SSSR count). The first kappa shape index (κ1) is 14.2. The lowest BCUT2D eigenvalue weighted by molar-refractivity contribution is 0.0955. The molecule has 1 aliphatic carbocycles. The number of allylic oxidation sites excluding steroid dienone is 1. The van der Waals surface area contributed by atoms with Gasteiger partial charge in [-0.3, -0.25) is 4.79 Å². The Morgan fingerprint density at radius 2 is 2.24 bits per heavy atom. The maximum absolute atomic E-state index is 12.3. The van der Waals surface area contributed by atoms with Crippen molar-refractivity contribution in [2.24, 2.45) is 0 Å². The van der Waals surface area contributed by atoms with Crippen LogP contribution in [0.15, 0.2) is 36.0 Å². The van der Waals surface area contributed by atoms with Gasteiger partial charge in [0, 0.05) is 28.7 Å². The topological polar surface area (TPSA) is 44.9 Å². The Morgan fingerprint density at radius 3 is 3.05 bits per heavy atom. The third kappa shape index (κ3) is 3.30. The summed E-state index contributed by atoms with van der Waals surface area (Å²) in [5, 5.41) is 4.52. The molecule has 1 aliphatic rings. The van der Waals surface area contributed by atoms with Crippen molar-refractivity contribution >= 4 is 28.4 Å². The standard InChI is InChI=1S/C17H19ClN2O/c18-13-6-7-16-14(10-13)15(11-20-16)17(21)19-9-8-12-4-2-1-3-5-12/h4,6-7,10-11,20H,1-3,5,8-9H2,(H,19,21). The minimum atomic E-state index is -0.0417. The maximum atomic E-state index is 12.3. The SMILES string of the molecule is O=C(NCCC1=CCCCC1)c1c[nH]c2ccc(Cl)cc12. The molecule has 4 heteroatoms. The molecule has 110 valence electrons. The number of hydrogen-bond donors (Lipinski definition) is 2. The van der Waals surface area contributed by atoms with E-state index in [9.17, 15) is 4.79 Å². The average molecular weight is 303 g/mol. The second-order valence-electron chi connectivity index (χ2n) is 5.51. The van der Waals surface area contributed by atoms with Crippen LogP contribution >= 0.6 is 11.6 Å². The Hall–Kier alpha value is -1.74. The van der Waals surface area contributed by atoms with E-state index in [-0.39, 0.29) is 5.91 Å². The zero-order chi connectivity index (χ0) is 14.7. The van der Waals surface area contributed by atoms with Crippen LogP contribution in [0.4, 0.5) is 0 Å². The zero-order valence-electron chi connectivity index (χ0n) is 11.9. The molecule has 3 nitrogen and oxygen atoms in total. The van der Waals surface area contributed by atoms with Crippen molar-refractivity contribution in [3.63, 3.8) is 0 Å². The summed E-state index contributed by atoms with van der Waals surface area (Å²) in [6, 6.07) is 5.53. The number of benzene rings is 1. The van der Waals surface area contributed by atoms with Crippen molar-refractivity contribution in [2.75, 3.05) is 6.54 Å². The van der Waals surface area contributed by atoms with Crippen molar-refractivity contribution < 1.29 is 4.79 Å². The van der Waals surface area contributed by atoms with E-state index in [1.54, 1.807) is 6.20 Å². The predicted molar refractivity (Wildman–Crippen MR) is 86.8 cm³/mol. The van der Waals surface area contributed by atoms with Gasteiger partial charge in [-0.2, -0.15) is 0 Å². The highest BCUT2D eigenvalue weighted by Gasteiger charge is 2.12. The molecule has 0 aliphatic heterocycles. The number of halogens is 1. The predicted octanol–water partition coefficient (Wildman–Crippen LogP) is 4.44. The molecule has 0 saturated heterocycles. The summed E-state index contributed by atoms with van der Waals surface area (Å²) in [5.74, 6) is -0.0417. The van der Waals surface area contributed by atoms with Crippen molar-refractivity contribution in [1.29, 1.82) is 0 Å². The maximum Gasteiger partial charge on any atom is 0.253 e. The minimum Gasteiger partial charge on any atom is -0.360 e. The van der Waals surface area contributed by atoms with Crippen molar-refractivity contribution in [1.82, 2.24) is 10.3 Å². The largest absolute Gasteiger partial charge is 0.360 e. The van der Waals surface area contributed by atoms with Crippen LogP contribution in [0.5, 0.6) is 0 Å². The van der Waals surface area contributed by atoms with Crippen molar-refractivity contribution in [3.8, 4) is 0 Å². The first-order valence-corrected chi connectivity index (χ1v) is 7.84. The van der Waals surface area contributed by atoms with E-state index in [1.165, 1.54) is 31.3 Å². The van der Waals surface area contributed by atoms with Gasteiger partial charge < -0.3 is 10.3 Å². The van der Waals surface area contributed by atoms with Crippen LogP contribution in [0.2, 0.25) is 5.02 Å². The molecular weight excluding hydrogens is 284 g/mol. The molecule has 0 radical (unpaired) electrons. The molecule has 0 bridgehead atoms. The van der Waals surface area contributed by atoms with Gasteiger partial charge in [-0.15, -0.1) is 0 Å². The van der Waals surface area contributed by atoms with Gasteiger partial charge in [0.25, 0.3) is 5.91 Å². The summed E-state index contributed by atoms with van der Waals surface area (Å²) in [5.41, 5.74) is 3.06. The number of nitrogens with one attached hydrogen (secondary N) is 2. The van der Waals surface area contributed by atoms with Crippen LogP contribution in [0.25, 0.3) is 10.9 Å². The van der Waals surface area contributed by atoms with E-state index in [0.29, 0.717) is 17.1 Å². The number of amides is 1. The Balaban J connectivity index is 1.64. The smallest absolute Gasteiger partial charge is 0.253 e. The van der Waals surface area contributed by atoms with Crippen LogP contribution < -0.4 is 5.32 Å². The van der Waals surface area contributed by atoms with Gasteiger partial charge in [0.15, 0.2) is 0 Å². The fraction of sp³-hybridized carbons (Fsp3) is 0.353. The van der Waals surface area contributed by atoms with E-state index in [2.05, 4.69) is 16.4 Å². The van der Waals surface area contributed by atoms with Gasteiger partial charge >= 0.3 is 0 Å². The number of H-pyrrole nitrogens is 1. The number of carbonyl (C=O) groups excluding carboxylic acids is 1. The Bertz CT molecular complexity index is 687. The lowest BCUT2D eigenvalue weighted by Gasteiger charge is -2.12. The highest BCUT2D eigenvalue weighted by atomic mass is 35.5. The number of rotatable bonds is 4. The van der Waals surface area contributed by atoms with Crippen LogP contribution in [-0.4, -0.2) is 17.4 Å². The molecule has 1 amide bonds. The van der Waals surface area contributed by atoms with Crippen molar-refractivity contribution in [2.45, 2.75) is 32.1 Å². The summed E-state index contributed by atoms with van der Waals surface area (Å²) in [6.45, 7) is 0.692. The molecule has 1 aromatic heterocycles. The summed E-state index contributed by atoms with van der Waals surface area (Å²) in [7, 11) is 0. The highest BCUT2D eigenvalue weighted by molar-refractivity contribution is 6.31. The van der Waals surface area contributed by atoms with Crippen LogP contribution in [-0.2, 0) is 0 Å². The first-order valence-electron chi connectivity index (χ1n) is 7.47. The van der Waals surface area contributed by atoms with Gasteiger partial charge in [-0.1, -0.05) is 23.3 Å². The lowest BCUT2D eigenvalue weighted by atomic mass is 9.97. The van der Waals surface area contributed by atoms with E-state index in [4.69, 9.17) is 11.6 Å². The Kier molecular flexibility index (Phi) is 4.30. The van der Waals surface area contributed by atoms with Gasteiger partial charge in [0.05, 0.1) is 5.56 Å². The van der Waals surface area contributed by atoms with E-state index in [0.717, 1.165) is 17.3 Å². The number of carbonyl (C=O) groups is 1. The summed E-state index contributed by atoms with van der Waals surface area (Å²) >= 11 is 6.01. The third-order valence-corrected chi connectivity index (χ3v) is 4.24.